The van der Waals surface area contributed by atoms with Crippen LogP contribution in [0.5, 0.6) is 0 Å². The van der Waals surface area contributed by atoms with Crippen molar-refractivity contribution in [1.82, 2.24) is 0 Å². The number of ether oxygens (including phenoxy) is 1. The molecule has 0 radical (unpaired) electrons. The molecule has 1 rings (SSSR count). The molecule has 0 aromatic carbocycles. The number of carboxylic acid groups (broad SMARTS) is 1. The Bertz CT molecular complexity index is 338. The lowest BCUT2D eigenvalue weighted by Crippen LogP contribution is -2.26. The van der Waals surface area contributed by atoms with Crippen LogP contribution < -0.4 is 0 Å². The van der Waals surface area contributed by atoms with E-state index in [4.69, 9.17) is 14.3 Å². The van der Waals surface area contributed by atoms with Crippen LogP contribution in [0.4, 0.5) is 0 Å². The molecule has 1 aromatic rings. The molecule has 4 heteroatoms. The van der Waals surface area contributed by atoms with Crippen LogP contribution in [0.25, 0.3) is 0 Å². The van der Waals surface area contributed by atoms with Crippen LogP contribution in [-0.4, -0.2) is 18.2 Å². The molecule has 1 aromatic heterocycles. The quantitative estimate of drug-likeness (QED) is 0.811. The highest BCUT2D eigenvalue weighted by molar-refractivity contribution is 5.73. The number of hydrogen-bond acceptors (Lipinski definition) is 3. The van der Waals surface area contributed by atoms with Crippen LogP contribution >= 0.6 is 0 Å². The Labute approximate surface area is 88.8 Å². The summed E-state index contributed by atoms with van der Waals surface area (Å²) in [6, 6.07) is 1.80. The minimum atomic E-state index is -0.831. The summed E-state index contributed by atoms with van der Waals surface area (Å²) in [6.45, 7) is 3.80. The molecule has 4 nitrogen and oxygen atoms in total. The van der Waals surface area contributed by atoms with E-state index in [0.29, 0.717) is 18.8 Å². The summed E-state index contributed by atoms with van der Waals surface area (Å²) >= 11 is 0. The van der Waals surface area contributed by atoms with E-state index in [1.54, 1.807) is 33.3 Å². The standard InChI is InChI=1S/C11H16O4/c1-11(2,10(12)13)6-9-8(7-14-3)4-5-15-9/h4-5H,6-7H2,1-3H3,(H,12,13). The number of carbonyl (C=O) groups is 1. The molecule has 0 saturated carbocycles. The minimum absolute atomic E-state index is 0.369. The van der Waals surface area contributed by atoms with Crippen LogP contribution in [0.15, 0.2) is 16.7 Å². The van der Waals surface area contributed by atoms with E-state index in [-0.39, 0.29) is 0 Å². The predicted octanol–water partition coefficient (Wildman–Crippen LogP) is 2.08. The summed E-state index contributed by atoms with van der Waals surface area (Å²) in [5.41, 5.74) is 0.0900. The zero-order valence-corrected chi connectivity index (χ0v) is 9.24. The molecule has 0 spiro atoms. The van der Waals surface area contributed by atoms with Crippen LogP contribution in [0, 0.1) is 5.41 Å². The van der Waals surface area contributed by atoms with E-state index in [1.807, 2.05) is 0 Å². The first-order chi connectivity index (χ1) is 6.97. The van der Waals surface area contributed by atoms with Gasteiger partial charge in [-0.2, -0.15) is 0 Å². The van der Waals surface area contributed by atoms with Gasteiger partial charge in [0.1, 0.15) is 5.76 Å². The van der Waals surface area contributed by atoms with Gasteiger partial charge in [-0.05, 0) is 19.9 Å². The van der Waals surface area contributed by atoms with E-state index in [9.17, 15) is 4.79 Å². The lowest BCUT2D eigenvalue weighted by molar-refractivity contribution is -0.147. The van der Waals surface area contributed by atoms with E-state index in [2.05, 4.69) is 0 Å². The number of methoxy groups -OCH3 is 1. The smallest absolute Gasteiger partial charge is 0.309 e. The average Bonchev–Trinajstić information content (AvgIpc) is 2.52. The molecule has 0 saturated heterocycles. The van der Waals surface area contributed by atoms with E-state index in [0.717, 1.165) is 5.56 Å². The third-order valence-corrected chi connectivity index (χ3v) is 2.32. The van der Waals surface area contributed by atoms with Gasteiger partial charge in [-0.3, -0.25) is 4.79 Å². The van der Waals surface area contributed by atoms with Crippen molar-refractivity contribution >= 4 is 5.97 Å². The highest BCUT2D eigenvalue weighted by Crippen LogP contribution is 2.25. The van der Waals surface area contributed by atoms with Gasteiger partial charge in [0.15, 0.2) is 0 Å². The highest BCUT2D eigenvalue weighted by atomic mass is 16.5. The average molecular weight is 212 g/mol. The second-order valence-electron chi connectivity index (χ2n) is 4.17. The van der Waals surface area contributed by atoms with Crippen molar-refractivity contribution in [3.05, 3.63) is 23.7 Å². The topological polar surface area (TPSA) is 59.7 Å². The maximum Gasteiger partial charge on any atom is 0.309 e. The molecule has 1 heterocycles. The second-order valence-corrected chi connectivity index (χ2v) is 4.17. The Balaban J connectivity index is 2.80. The fourth-order valence-corrected chi connectivity index (χ4v) is 1.28. The monoisotopic (exact) mass is 212 g/mol. The van der Waals surface area contributed by atoms with Crippen molar-refractivity contribution in [2.75, 3.05) is 7.11 Å². The molecule has 0 aliphatic heterocycles. The van der Waals surface area contributed by atoms with Crippen LogP contribution in [0.2, 0.25) is 0 Å². The van der Waals surface area contributed by atoms with Gasteiger partial charge in [0, 0.05) is 19.1 Å². The zero-order chi connectivity index (χ0) is 11.5. The summed E-state index contributed by atoms with van der Waals surface area (Å²) in [7, 11) is 1.60. The van der Waals surface area contributed by atoms with Crippen LogP contribution in [-0.2, 0) is 22.6 Å². The van der Waals surface area contributed by atoms with E-state index >= 15 is 0 Å². The lowest BCUT2D eigenvalue weighted by Gasteiger charge is -2.17. The Hall–Kier alpha value is -1.29. The first-order valence-electron chi connectivity index (χ1n) is 4.75. The maximum absolute atomic E-state index is 10.9. The van der Waals surface area contributed by atoms with Crippen LogP contribution in [0.1, 0.15) is 25.2 Å². The first kappa shape index (κ1) is 11.8. The molecule has 0 fully saturated rings. The maximum atomic E-state index is 10.9. The van der Waals surface area contributed by atoms with Gasteiger partial charge in [0.2, 0.25) is 0 Å². The molecule has 0 aliphatic carbocycles. The van der Waals surface area contributed by atoms with Gasteiger partial charge in [0.25, 0.3) is 0 Å². The molecular weight excluding hydrogens is 196 g/mol. The Morgan fingerprint density at radius 3 is 2.80 bits per heavy atom. The van der Waals surface area contributed by atoms with Crippen molar-refractivity contribution < 1.29 is 19.1 Å². The van der Waals surface area contributed by atoms with Gasteiger partial charge in [0.05, 0.1) is 18.3 Å². The van der Waals surface area contributed by atoms with Crippen molar-refractivity contribution in [2.45, 2.75) is 26.9 Å². The number of furan rings is 1. The molecule has 0 amide bonds. The van der Waals surface area contributed by atoms with Gasteiger partial charge in [-0.1, -0.05) is 0 Å². The molecule has 0 unspecified atom stereocenters. The Kier molecular flexibility index (Phi) is 3.52. The molecule has 15 heavy (non-hydrogen) atoms. The summed E-state index contributed by atoms with van der Waals surface area (Å²) < 4.78 is 10.3. The SMILES string of the molecule is COCc1ccoc1CC(C)(C)C(=O)O. The summed E-state index contributed by atoms with van der Waals surface area (Å²) in [4.78, 5) is 10.9. The predicted molar refractivity (Wildman–Crippen MR) is 54.5 cm³/mol. The molecule has 1 N–H and O–H groups in total. The van der Waals surface area contributed by atoms with E-state index < -0.39 is 11.4 Å². The molecule has 0 bridgehead atoms. The number of hydrogen-bond donors (Lipinski definition) is 1. The van der Waals surface area contributed by atoms with Gasteiger partial charge >= 0.3 is 5.97 Å². The second kappa shape index (κ2) is 4.49. The number of rotatable bonds is 5. The molecular formula is C11H16O4. The fraction of sp³-hybridized carbons (Fsp3) is 0.545. The normalized spacial score (nSPS) is 11.7. The van der Waals surface area contributed by atoms with Crippen molar-refractivity contribution in [2.24, 2.45) is 5.41 Å². The third-order valence-electron chi connectivity index (χ3n) is 2.32. The van der Waals surface area contributed by atoms with Crippen molar-refractivity contribution in [3.63, 3.8) is 0 Å². The highest BCUT2D eigenvalue weighted by Gasteiger charge is 2.29. The summed E-state index contributed by atoms with van der Waals surface area (Å²) in [6.07, 6.45) is 1.93. The minimum Gasteiger partial charge on any atom is -0.481 e. The van der Waals surface area contributed by atoms with Gasteiger partial charge in [-0.25, -0.2) is 0 Å². The lowest BCUT2D eigenvalue weighted by atomic mass is 9.87. The molecule has 0 aliphatic rings. The fourth-order valence-electron chi connectivity index (χ4n) is 1.28. The number of aliphatic carboxylic acids is 1. The number of carboxylic acids is 1. The largest absolute Gasteiger partial charge is 0.481 e. The molecule has 84 valence electrons. The zero-order valence-electron chi connectivity index (χ0n) is 9.24. The Morgan fingerprint density at radius 2 is 2.27 bits per heavy atom. The van der Waals surface area contributed by atoms with Gasteiger partial charge < -0.3 is 14.3 Å². The van der Waals surface area contributed by atoms with Crippen molar-refractivity contribution in [1.29, 1.82) is 0 Å². The first-order valence-corrected chi connectivity index (χ1v) is 4.75. The Morgan fingerprint density at radius 1 is 1.60 bits per heavy atom. The van der Waals surface area contributed by atoms with E-state index in [1.165, 1.54) is 0 Å². The summed E-state index contributed by atoms with van der Waals surface area (Å²) in [5, 5.41) is 8.99. The van der Waals surface area contributed by atoms with Gasteiger partial charge in [-0.15, -0.1) is 0 Å². The molecule has 0 atom stereocenters. The van der Waals surface area contributed by atoms with Crippen molar-refractivity contribution in [3.8, 4) is 0 Å². The van der Waals surface area contributed by atoms with Crippen LogP contribution in [0.3, 0.4) is 0 Å². The third kappa shape index (κ3) is 2.83. The summed E-state index contributed by atoms with van der Waals surface area (Å²) in [5.74, 6) is -0.147.